The number of benzene rings is 1. The van der Waals surface area contributed by atoms with Crippen molar-refractivity contribution in [3.63, 3.8) is 0 Å². The van der Waals surface area contributed by atoms with Gasteiger partial charge in [-0.1, -0.05) is 23.7 Å². The zero-order chi connectivity index (χ0) is 16.0. The molecule has 1 saturated heterocycles. The van der Waals surface area contributed by atoms with Gasteiger partial charge in [-0.15, -0.1) is 11.3 Å². The first-order chi connectivity index (χ1) is 11.1. The molecule has 23 heavy (non-hydrogen) atoms. The summed E-state index contributed by atoms with van der Waals surface area (Å²) in [6, 6.07) is 7.77. The number of likely N-dealkylation sites (tertiary alicyclic amines) is 1. The van der Waals surface area contributed by atoms with Gasteiger partial charge in [-0.05, 0) is 36.8 Å². The molecule has 0 spiro atoms. The van der Waals surface area contributed by atoms with Crippen molar-refractivity contribution in [2.24, 2.45) is 17.6 Å². The number of halogens is 1. The van der Waals surface area contributed by atoms with Gasteiger partial charge in [-0.25, -0.2) is 4.98 Å². The largest absolute Gasteiger partial charge is 0.337 e. The molecule has 6 heteroatoms. The number of carbonyl (C=O) groups excluding carboxylic acids is 1. The number of amides is 1. The minimum absolute atomic E-state index is 0.0306. The molecule has 2 fully saturated rings. The summed E-state index contributed by atoms with van der Waals surface area (Å²) in [5.74, 6) is 1.07. The quantitative estimate of drug-likeness (QED) is 0.907. The number of thiazole rings is 1. The summed E-state index contributed by atoms with van der Waals surface area (Å²) in [5.41, 5.74) is 7.67. The van der Waals surface area contributed by atoms with E-state index in [1.165, 1.54) is 11.3 Å². The summed E-state index contributed by atoms with van der Waals surface area (Å²) in [7, 11) is 0. The molecule has 2 heterocycles. The molecule has 2 aliphatic rings. The topological polar surface area (TPSA) is 59.2 Å². The van der Waals surface area contributed by atoms with Crippen LogP contribution in [0.5, 0.6) is 0 Å². The smallest absolute Gasteiger partial charge is 0.273 e. The van der Waals surface area contributed by atoms with Crippen LogP contribution < -0.4 is 5.73 Å². The van der Waals surface area contributed by atoms with Crippen LogP contribution in [0.4, 0.5) is 0 Å². The van der Waals surface area contributed by atoms with Crippen molar-refractivity contribution in [2.75, 3.05) is 13.1 Å². The molecule has 1 aromatic heterocycles. The van der Waals surface area contributed by atoms with E-state index in [1.54, 1.807) is 0 Å². The lowest BCUT2D eigenvalue weighted by molar-refractivity contribution is 0.0774. The van der Waals surface area contributed by atoms with E-state index < -0.39 is 0 Å². The van der Waals surface area contributed by atoms with Crippen LogP contribution in [0.1, 0.15) is 23.3 Å². The molecule has 4 rings (SSSR count). The first kappa shape index (κ1) is 15.1. The van der Waals surface area contributed by atoms with Gasteiger partial charge in [-0.3, -0.25) is 4.79 Å². The number of hydrogen-bond donors (Lipinski definition) is 1. The minimum atomic E-state index is 0.0306. The third kappa shape index (κ3) is 2.77. The van der Waals surface area contributed by atoms with E-state index in [2.05, 4.69) is 4.98 Å². The van der Waals surface area contributed by atoms with Crippen LogP contribution in [0, 0.1) is 11.8 Å². The fourth-order valence-electron chi connectivity index (χ4n) is 3.73. The van der Waals surface area contributed by atoms with E-state index in [-0.39, 0.29) is 11.9 Å². The molecule has 1 aliphatic heterocycles. The highest BCUT2D eigenvalue weighted by Crippen LogP contribution is 2.37. The molecule has 2 N–H and O–H groups in total. The van der Waals surface area contributed by atoms with Crippen LogP contribution in [-0.4, -0.2) is 34.9 Å². The van der Waals surface area contributed by atoms with E-state index in [4.69, 9.17) is 17.3 Å². The van der Waals surface area contributed by atoms with Gasteiger partial charge in [0.15, 0.2) is 0 Å². The Kier molecular flexibility index (Phi) is 3.87. The first-order valence-corrected chi connectivity index (χ1v) is 9.14. The average molecular weight is 348 g/mol. The normalized spacial score (nSPS) is 26.5. The van der Waals surface area contributed by atoms with E-state index in [1.807, 2.05) is 34.5 Å². The highest BCUT2D eigenvalue weighted by molar-refractivity contribution is 7.13. The molecular weight excluding hydrogens is 330 g/mol. The maximum Gasteiger partial charge on any atom is 0.273 e. The lowest BCUT2D eigenvalue weighted by Crippen LogP contribution is -2.33. The van der Waals surface area contributed by atoms with Gasteiger partial charge < -0.3 is 10.6 Å². The molecule has 0 bridgehead atoms. The van der Waals surface area contributed by atoms with Gasteiger partial charge in [0.05, 0.1) is 0 Å². The number of nitrogens with zero attached hydrogens (tertiary/aromatic N) is 2. The van der Waals surface area contributed by atoms with Crippen molar-refractivity contribution in [3.05, 3.63) is 40.4 Å². The maximum absolute atomic E-state index is 12.7. The van der Waals surface area contributed by atoms with Crippen molar-refractivity contribution < 1.29 is 4.79 Å². The number of aromatic nitrogens is 1. The van der Waals surface area contributed by atoms with E-state index in [0.29, 0.717) is 22.6 Å². The maximum atomic E-state index is 12.7. The summed E-state index contributed by atoms with van der Waals surface area (Å²) in [6.07, 6.45) is 2.23. The zero-order valence-corrected chi connectivity index (χ0v) is 14.2. The molecule has 1 aliphatic carbocycles. The fraction of sp³-hybridized carbons (Fsp3) is 0.412. The first-order valence-electron chi connectivity index (χ1n) is 7.88. The standard InChI is InChI=1S/C17H18ClN3OS/c18-12-4-1-10(2-5-12)16-20-15(9-23-16)17(22)21-7-11-3-6-14(19)13(11)8-21/h1-2,4-5,9,11,13-14H,3,6-8,19H2. The van der Waals surface area contributed by atoms with Crippen LogP contribution in [-0.2, 0) is 0 Å². The summed E-state index contributed by atoms with van der Waals surface area (Å²) in [5, 5.41) is 3.39. The number of rotatable bonds is 2. The second-order valence-electron chi connectivity index (χ2n) is 6.42. The summed E-state index contributed by atoms with van der Waals surface area (Å²) >= 11 is 7.40. The van der Waals surface area contributed by atoms with Gasteiger partial charge in [0.2, 0.25) is 0 Å². The molecule has 2 aromatic rings. The van der Waals surface area contributed by atoms with E-state index >= 15 is 0 Å². The molecule has 4 nitrogen and oxygen atoms in total. The van der Waals surface area contributed by atoms with Gasteiger partial charge >= 0.3 is 0 Å². The van der Waals surface area contributed by atoms with Crippen LogP contribution in [0.2, 0.25) is 5.02 Å². The Morgan fingerprint density at radius 1 is 1.26 bits per heavy atom. The highest BCUT2D eigenvalue weighted by Gasteiger charge is 2.42. The van der Waals surface area contributed by atoms with Crippen molar-refractivity contribution in [3.8, 4) is 10.6 Å². The lowest BCUT2D eigenvalue weighted by Gasteiger charge is -2.17. The van der Waals surface area contributed by atoms with Gasteiger partial charge in [-0.2, -0.15) is 0 Å². The Labute approximate surface area is 144 Å². The molecule has 3 unspecified atom stereocenters. The Morgan fingerprint density at radius 3 is 2.78 bits per heavy atom. The van der Waals surface area contributed by atoms with Gasteiger partial charge in [0.25, 0.3) is 5.91 Å². The van der Waals surface area contributed by atoms with E-state index in [0.717, 1.165) is 36.5 Å². The second-order valence-corrected chi connectivity index (χ2v) is 7.71. The summed E-state index contributed by atoms with van der Waals surface area (Å²) in [6.45, 7) is 1.60. The number of fused-ring (bicyclic) bond motifs is 1. The van der Waals surface area contributed by atoms with Crippen LogP contribution >= 0.6 is 22.9 Å². The fourth-order valence-corrected chi connectivity index (χ4v) is 4.66. The monoisotopic (exact) mass is 347 g/mol. The molecule has 0 radical (unpaired) electrons. The van der Waals surface area contributed by atoms with Crippen molar-refractivity contribution >= 4 is 28.8 Å². The Hall–Kier alpha value is -1.43. The van der Waals surface area contributed by atoms with Crippen LogP contribution in [0.3, 0.4) is 0 Å². The molecule has 1 saturated carbocycles. The SMILES string of the molecule is NC1CCC2CN(C(=O)c3csc(-c4ccc(Cl)cc4)n3)CC12. The summed E-state index contributed by atoms with van der Waals surface area (Å²) < 4.78 is 0. The van der Waals surface area contributed by atoms with E-state index in [9.17, 15) is 4.79 Å². The van der Waals surface area contributed by atoms with Crippen LogP contribution in [0.25, 0.3) is 10.6 Å². The predicted molar refractivity (Wildman–Crippen MR) is 92.7 cm³/mol. The second kappa shape index (κ2) is 5.89. The number of nitrogens with two attached hydrogens (primary N) is 1. The average Bonchev–Trinajstić information content (AvgIpc) is 3.25. The zero-order valence-electron chi connectivity index (χ0n) is 12.6. The third-order valence-corrected chi connectivity index (χ3v) is 6.16. The minimum Gasteiger partial charge on any atom is -0.337 e. The lowest BCUT2D eigenvalue weighted by atomic mass is 9.98. The Balaban J connectivity index is 1.51. The molecule has 120 valence electrons. The van der Waals surface area contributed by atoms with Crippen molar-refractivity contribution in [1.29, 1.82) is 0 Å². The number of carbonyl (C=O) groups is 1. The Morgan fingerprint density at radius 2 is 2.04 bits per heavy atom. The molecule has 1 aromatic carbocycles. The third-order valence-electron chi connectivity index (χ3n) is 5.01. The van der Waals surface area contributed by atoms with Gasteiger partial charge in [0, 0.05) is 35.1 Å². The highest BCUT2D eigenvalue weighted by atomic mass is 35.5. The van der Waals surface area contributed by atoms with Crippen molar-refractivity contribution in [2.45, 2.75) is 18.9 Å². The predicted octanol–water partition coefficient (Wildman–Crippen LogP) is 3.27. The molecule has 3 atom stereocenters. The summed E-state index contributed by atoms with van der Waals surface area (Å²) in [4.78, 5) is 19.1. The van der Waals surface area contributed by atoms with Gasteiger partial charge in [0.1, 0.15) is 10.7 Å². The number of hydrogen-bond acceptors (Lipinski definition) is 4. The molecule has 1 amide bonds. The Bertz CT molecular complexity index is 730. The van der Waals surface area contributed by atoms with Crippen molar-refractivity contribution in [1.82, 2.24) is 9.88 Å². The molecular formula is C17H18ClN3OS. The van der Waals surface area contributed by atoms with Crippen LogP contribution in [0.15, 0.2) is 29.6 Å².